The second kappa shape index (κ2) is 5.12. The molecular weight excluding hydrogens is 239 g/mol. The molecule has 0 saturated carbocycles. The van der Waals surface area contributed by atoms with Crippen molar-refractivity contribution in [2.45, 2.75) is 12.8 Å². The number of likely N-dealkylation sites (tertiary alicyclic amines) is 1. The Morgan fingerprint density at radius 2 is 2.00 bits per heavy atom. The van der Waals surface area contributed by atoms with E-state index in [1.807, 2.05) is 0 Å². The summed E-state index contributed by atoms with van der Waals surface area (Å²) in [5.41, 5.74) is 0.185. The van der Waals surface area contributed by atoms with Gasteiger partial charge in [0, 0.05) is 13.1 Å². The molecule has 96 valence electrons. The van der Waals surface area contributed by atoms with E-state index >= 15 is 0 Å². The summed E-state index contributed by atoms with van der Waals surface area (Å²) in [4.78, 5) is 28.0. The summed E-state index contributed by atoms with van der Waals surface area (Å²) in [5, 5.41) is 8.85. The molecule has 2 rings (SSSR count). The number of amides is 1. The van der Waals surface area contributed by atoms with Gasteiger partial charge in [-0.1, -0.05) is 0 Å². The molecule has 0 spiro atoms. The molecule has 1 N–H and O–H groups in total. The van der Waals surface area contributed by atoms with Crippen molar-refractivity contribution in [2.24, 2.45) is 5.92 Å². The molecule has 0 atom stereocenters. The molecule has 1 aliphatic heterocycles. The van der Waals surface area contributed by atoms with E-state index in [-0.39, 0.29) is 17.5 Å². The first kappa shape index (κ1) is 12.5. The Hall–Kier alpha value is -1.98. The van der Waals surface area contributed by atoms with E-state index in [1.165, 1.54) is 12.1 Å². The minimum Gasteiger partial charge on any atom is -0.481 e. The van der Waals surface area contributed by atoms with Crippen LogP contribution in [-0.2, 0) is 4.79 Å². The van der Waals surface area contributed by atoms with Gasteiger partial charge in [-0.25, -0.2) is 9.37 Å². The second-order valence-electron chi connectivity index (χ2n) is 4.27. The third kappa shape index (κ3) is 2.64. The molecule has 1 aromatic rings. The van der Waals surface area contributed by atoms with Gasteiger partial charge in [-0.05, 0) is 25.0 Å². The number of aliphatic carboxylic acids is 1. The van der Waals surface area contributed by atoms with Gasteiger partial charge in [0.25, 0.3) is 5.91 Å². The van der Waals surface area contributed by atoms with E-state index in [0.29, 0.717) is 25.9 Å². The topological polar surface area (TPSA) is 70.5 Å². The molecule has 18 heavy (non-hydrogen) atoms. The molecular formula is C12H13FN2O3. The van der Waals surface area contributed by atoms with Gasteiger partial charge in [0.2, 0.25) is 0 Å². The van der Waals surface area contributed by atoms with Crippen LogP contribution in [0.4, 0.5) is 4.39 Å². The fourth-order valence-electron chi connectivity index (χ4n) is 1.99. The van der Waals surface area contributed by atoms with Crippen LogP contribution in [-0.4, -0.2) is 40.0 Å². The van der Waals surface area contributed by atoms with E-state index in [1.54, 1.807) is 4.90 Å². The van der Waals surface area contributed by atoms with Crippen LogP contribution in [0.2, 0.25) is 0 Å². The molecule has 0 radical (unpaired) electrons. The number of aromatic nitrogens is 1. The SMILES string of the molecule is O=C(O)C1CCN(C(=O)c2ccc(F)cn2)CC1. The Morgan fingerprint density at radius 1 is 1.33 bits per heavy atom. The lowest BCUT2D eigenvalue weighted by Crippen LogP contribution is -2.40. The van der Waals surface area contributed by atoms with Crippen LogP contribution in [0.15, 0.2) is 18.3 Å². The average molecular weight is 252 g/mol. The first-order valence-corrected chi connectivity index (χ1v) is 5.71. The van der Waals surface area contributed by atoms with E-state index in [4.69, 9.17) is 5.11 Å². The number of halogens is 1. The van der Waals surface area contributed by atoms with Crippen LogP contribution in [0.1, 0.15) is 23.3 Å². The summed E-state index contributed by atoms with van der Waals surface area (Å²) < 4.78 is 12.7. The van der Waals surface area contributed by atoms with E-state index in [0.717, 1.165) is 6.20 Å². The lowest BCUT2D eigenvalue weighted by atomic mass is 9.97. The van der Waals surface area contributed by atoms with Crippen LogP contribution in [0.25, 0.3) is 0 Å². The maximum absolute atomic E-state index is 12.7. The molecule has 0 aromatic carbocycles. The van der Waals surface area contributed by atoms with E-state index < -0.39 is 11.8 Å². The predicted octanol–water partition coefficient (Wildman–Crippen LogP) is 1.16. The summed E-state index contributed by atoms with van der Waals surface area (Å²) in [6.07, 6.45) is 1.89. The molecule has 0 unspecified atom stereocenters. The third-order valence-corrected chi connectivity index (χ3v) is 3.08. The maximum Gasteiger partial charge on any atom is 0.306 e. The predicted molar refractivity (Wildman–Crippen MR) is 60.5 cm³/mol. The van der Waals surface area contributed by atoms with Crippen LogP contribution >= 0.6 is 0 Å². The molecule has 6 heteroatoms. The highest BCUT2D eigenvalue weighted by Gasteiger charge is 2.27. The smallest absolute Gasteiger partial charge is 0.306 e. The number of carbonyl (C=O) groups excluding carboxylic acids is 1. The number of hydrogen-bond acceptors (Lipinski definition) is 3. The minimum absolute atomic E-state index is 0.185. The van der Waals surface area contributed by atoms with Crippen LogP contribution in [0, 0.1) is 11.7 Å². The van der Waals surface area contributed by atoms with Crippen molar-refractivity contribution in [1.82, 2.24) is 9.88 Å². The zero-order chi connectivity index (χ0) is 13.1. The van der Waals surface area contributed by atoms with Gasteiger partial charge in [-0.2, -0.15) is 0 Å². The number of nitrogens with zero attached hydrogens (tertiary/aromatic N) is 2. The number of hydrogen-bond donors (Lipinski definition) is 1. The number of pyridine rings is 1. The zero-order valence-corrected chi connectivity index (χ0v) is 9.67. The van der Waals surface area contributed by atoms with Crippen molar-refractivity contribution in [1.29, 1.82) is 0 Å². The molecule has 1 saturated heterocycles. The highest BCUT2D eigenvalue weighted by atomic mass is 19.1. The molecule has 5 nitrogen and oxygen atoms in total. The number of piperidine rings is 1. The van der Waals surface area contributed by atoms with Gasteiger partial charge in [0.05, 0.1) is 12.1 Å². The number of carbonyl (C=O) groups is 2. The number of carboxylic acid groups (broad SMARTS) is 1. The molecule has 1 fully saturated rings. The molecule has 2 heterocycles. The Kier molecular flexibility index (Phi) is 3.55. The van der Waals surface area contributed by atoms with Crippen molar-refractivity contribution >= 4 is 11.9 Å². The highest BCUT2D eigenvalue weighted by Crippen LogP contribution is 2.18. The zero-order valence-electron chi connectivity index (χ0n) is 9.67. The standard InChI is InChI=1S/C12H13FN2O3/c13-9-1-2-10(14-7-9)11(16)15-5-3-8(4-6-15)12(17)18/h1-2,7-8H,3-6H2,(H,17,18). The largest absolute Gasteiger partial charge is 0.481 e. The summed E-state index contributed by atoms with van der Waals surface area (Å²) in [6.45, 7) is 0.795. The normalized spacial score (nSPS) is 16.6. The first-order chi connectivity index (χ1) is 8.58. The van der Waals surface area contributed by atoms with Gasteiger partial charge in [-0.15, -0.1) is 0 Å². The van der Waals surface area contributed by atoms with Gasteiger partial charge in [0.1, 0.15) is 11.5 Å². The number of rotatable bonds is 2. The van der Waals surface area contributed by atoms with E-state index in [2.05, 4.69) is 4.98 Å². The first-order valence-electron chi connectivity index (χ1n) is 5.71. The maximum atomic E-state index is 12.7. The summed E-state index contributed by atoms with van der Waals surface area (Å²) in [6, 6.07) is 2.52. The Bertz CT molecular complexity index is 453. The lowest BCUT2D eigenvalue weighted by Gasteiger charge is -2.29. The van der Waals surface area contributed by atoms with E-state index in [9.17, 15) is 14.0 Å². The second-order valence-corrected chi connectivity index (χ2v) is 4.27. The number of carboxylic acids is 1. The highest BCUT2D eigenvalue weighted by molar-refractivity contribution is 5.92. The quantitative estimate of drug-likeness (QED) is 0.857. The molecule has 0 bridgehead atoms. The third-order valence-electron chi connectivity index (χ3n) is 3.08. The Labute approximate surface area is 103 Å². The summed E-state index contributed by atoms with van der Waals surface area (Å²) in [7, 11) is 0. The molecule has 1 aromatic heterocycles. The lowest BCUT2D eigenvalue weighted by molar-refractivity contribution is -0.143. The van der Waals surface area contributed by atoms with Crippen molar-refractivity contribution < 1.29 is 19.1 Å². The van der Waals surface area contributed by atoms with Crippen LogP contribution < -0.4 is 0 Å². The summed E-state index contributed by atoms with van der Waals surface area (Å²) >= 11 is 0. The monoisotopic (exact) mass is 252 g/mol. The van der Waals surface area contributed by atoms with Crippen molar-refractivity contribution in [3.05, 3.63) is 29.8 Å². The average Bonchev–Trinajstić information content (AvgIpc) is 2.39. The van der Waals surface area contributed by atoms with Crippen LogP contribution in [0.5, 0.6) is 0 Å². The fraction of sp³-hybridized carbons (Fsp3) is 0.417. The summed E-state index contributed by atoms with van der Waals surface area (Å²) in [5.74, 6) is -1.97. The van der Waals surface area contributed by atoms with Gasteiger partial charge in [0.15, 0.2) is 0 Å². The Morgan fingerprint density at radius 3 is 2.50 bits per heavy atom. The fourth-order valence-corrected chi connectivity index (χ4v) is 1.99. The van der Waals surface area contributed by atoms with Crippen molar-refractivity contribution in [2.75, 3.05) is 13.1 Å². The van der Waals surface area contributed by atoms with Gasteiger partial charge >= 0.3 is 5.97 Å². The van der Waals surface area contributed by atoms with Crippen molar-refractivity contribution in [3.63, 3.8) is 0 Å². The van der Waals surface area contributed by atoms with Crippen LogP contribution in [0.3, 0.4) is 0 Å². The molecule has 1 amide bonds. The van der Waals surface area contributed by atoms with Crippen molar-refractivity contribution in [3.8, 4) is 0 Å². The van der Waals surface area contributed by atoms with Gasteiger partial charge < -0.3 is 10.0 Å². The Balaban J connectivity index is 1.99. The van der Waals surface area contributed by atoms with Gasteiger partial charge in [-0.3, -0.25) is 9.59 Å². The molecule has 1 aliphatic rings. The minimum atomic E-state index is -0.818. The molecule has 0 aliphatic carbocycles.